The molecule has 0 aliphatic heterocycles. The summed E-state index contributed by atoms with van der Waals surface area (Å²) in [6, 6.07) is 0. The fourth-order valence-corrected chi connectivity index (χ4v) is 2.38. The number of nitrogens with one attached hydrogen (secondary N) is 1. The van der Waals surface area contributed by atoms with E-state index in [0.29, 0.717) is 18.9 Å². The Balaban J connectivity index is 2.30. The Labute approximate surface area is 103 Å². The third kappa shape index (κ3) is 4.36. The summed E-state index contributed by atoms with van der Waals surface area (Å²) < 4.78 is 0. The molecule has 3 unspecified atom stereocenters. The first-order valence-electron chi connectivity index (χ1n) is 6.54. The molecule has 3 atom stereocenters. The molecule has 1 aliphatic rings. The van der Waals surface area contributed by atoms with E-state index in [-0.39, 0.29) is 17.7 Å². The summed E-state index contributed by atoms with van der Waals surface area (Å²) in [5.74, 6) is -0.416. The van der Waals surface area contributed by atoms with Crippen molar-refractivity contribution < 1.29 is 14.7 Å². The SMILES string of the molecule is CCC(C)CC(=O)NCC1CCCC1C(=O)O. The Bertz CT molecular complexity index is 278. The van der Waals surface area contributed by atoms with Gasteiger partial charge in [-0.15, -0.1) is 0 Å². The number of hydrogen-bond donors (Lipinski definition) is 2. The molecule has 1 saturated carbocycles. The van der Waals surface area contributed by atoms with E-state index >= 15 is 0 Å². The second-order valence-electron chi connectivity index (χ2n) is 5.16. The van der Waals surface area contributed by atoms with Crippen LogP contribution in [-0.2, 0) is 9.59 Å². The quantitative estimate of drug-likeness (QED) is 0.748. The van der Waals surface area contributed by atoms with Crippen molar-refractivity contribution in [2.45, 2.75) is 46.0 Å². The van der Waals surface area contributed by atoms with Gasteiger partial charge in [0.1, 0.15) is 0 Å². The largest absolute Gasteiger partial charge is 0.481 e. The van der Waals surface area contributed by atoms with Crippen LogP contribution in [0.5, 0.6) is 0 Å². The highest BCUT2D eigenvalue weighted by Gasteiger charge is 2.32. The molecule has 0 aromatic rings. The first-order valence-corrected chi connectivity index (χ1v) is 6.54. The van der Waals surface area contributed by atoms with Crippen molar-refractivity contribution in [1.82, 2.24) is 5.32 Å². The first kappa shape index (κ1) is 14.0. The number of hydrogen-bond acceptors (Lipinski definition) is 2. The van der Waals surface area contributed by atoms with Gasteiger partial charge in [-0.2, -0.15) is 0 Å². The van der Waals surface area contributed by atoms with Crippen LogP contribution in [0, 0.1) is 17.8 Å². The van der Waals surface area contributed by atoms with Gasteiger partial charge in [-0.3, -0.25) is 9.59 Å². The summed E-state index contributed by atoms with van der Waals surface area (Å²) >= 11 is 0. The maximum Gasteiger partial charge on any atom is 0.306 e. The molecule has 4 nitrogen and oxygen atoms in total. The maximum absolute atomic E-state index is 11.6. The predicted molar refractivity (Wildman–Crippen MR) is 65.5 cm³/mol. The van der Waals surface area contributed by atoms with Crippen LogP contribution in [-0.4, -0.2) is 23.5 Å². The molecule has 1 aliphatic carbocycles. The van der Waals surface area contributed by atoms with Crippen molar-refractivity contribution in [3.05, 3.63) is 0 Å². The highest BCUT2D eigenvalue weighted by molar-refractivity contribution is 5.76. The minimum atomic E-state index is -0.719. The molecular weight excluding hydrogens is 218 g/mol. The van der Waals surface area contributed by atoms with Gasteiger partial charge in [0.05, 0.1) is 5.92 Å². The van der Waals surface area contributed by atoms with Gasteiger partial charge in [-0.1, -0.05) is 26.7 Å². The molecule has 98 valence electrons. The first-order chi connectivity index (χ1) is 8.04. The summed E-state index contributed by atoms with van der Waals surface area (Å²) in [7, 11) is 0. The lowest BCUT2D eigenvalue weighted by molar-refractivity contribution is -0.143. The van der Waals surface area contributed by atoms with Gasteiger partial charge in [0.25, 0.3) is 0 Å². The Morgan fingerprint density at radius 2 is 2.12 bits per heavy atom. The van der Waals surface area contributed by atoms with Gasteiger partial charge in [-0.25, -0.2) is 0 Å². The van der Waals surface area contributed by atoms with Crippen LogP contribution in [0.1, 0.15) is 46.0 Å². The van der Waals surface area contributed by atoms with Crippen molar-refractivity contribution >= 4 is 11.9 Å². The second-order valence-corrected chi connectivity index (χ2v) is 5.16. The maximum atomic E-state index is 11.6. The van der Waals surface area contributed by atoms with Crippen LogP contribution in [0.25, 0.3) is 0 Å². The molecule has 17 heavy (non-hydrogen) atoms. The van der Waals surface area contributed by atoms with Crippen molar-refractivity contribution in [3.63, 3.8) is 0 Å². The average Bonchev–Trinajstić information content (AvgIpc) is 2.74. The molecule has 1 rings (SSSR count). The molecule has 1 fully saturated rings. The number of carboxylic acid groups (broad SMARTS) is 1. The number of aliphatic carboxylic acids is 1. The predicted octanol–water partition coefficient (Wildman–Crippen LogP) is 2.04. The number of rotatable bonds is 6. The lowest BCUT2D eigenvalue weighted by Gasteiger charge is -2.17. The molecule has 0 spiro atoms. The van der Waals surface area contributed by atoms with Crippen molar-refractivity contribution in [2.24, 2.45) is 17.8 Å². The Kier molecular flexibility index (Phi) is 5.45. The summed E-state index contributed by atoms with van der Waals surface area (Å²) in [5.41, 5.74) is 0. The van der Waals surface area contributed by atoms with E-state index < -0.39 is 5.97 Å². The fourth-order valence-electron chi connectivity index (χ4n) is 2.38. The molecule has 0 bridgehead atoms. The third-order valence-electron chi connectivity index (χ3n) is 3.77. The zero-order valence-corrected chi connectivity index (χ0v) is 10.7. The van der Waals surface area contributed by atoms with Crippen LogP contribution in [0.2, 0.25) is 0 Å². The summed E-state index contributed by atoms with van der Waals surface area (Å²) in [6.07, 6.45) is 4.17. The fraction of sp³-hybridized carbons (Fsp3) is 0.846. The van der Waals surface area contributed by atoms with E-state index in [9.17, 15) is 9.59 Å². The molecule has 0 saturated heterocycles. The number of carbonyl (C=O) groups excluding carboxylic acids is 1. The van der Waals surface area contributed by atoms with E-state index in [4.69, 9.17) is 5.11 Å². The zero-order valence-electron chi connectivity index (χ0n) is 10.7. The van der Waals surface area contributed by atoms with Crippen molar-refractivity contribution in [3.8, 4) is 0 Å². The molecule has 0 aromatic heterocycles. The van der Waals surface area contributed by atoms with E-state index in [1.54, 1.807) is 0 Å². The van der Waals surface area contributed by atoms with Crippen molar-refractivity contribution in [2.75, 3.05) is 6.54 Å². The van der Waals surface area contributed by atoms with Gasteiger partial charge >= 0.3 is 5.97 Å². The summed E-state index contributed by atoms with van der Waals surface area (Å²) in [4.78, 5) is 22.6. The zero-order chi connectivity index (χ0) is 12.8. The van der Waals surface area contributed by atoms with Crippen LogP contribution >= 0.6 is 0 Å². The Morgan fingerprint density at radius 1 is 1.41 bits per heavy atom. The summed E-state index contributed by atoms with van der Waals surface area (Å²) in [6.45, 7) is 4.64. The standard InChI is InChI=1S/C13H23NO3/c1-3-9(2)7-12(15)14-8-10-5-4-6-11(10)13(16)17/h9-11H,3-8H2,1-2H3,(H,14,15)(H,16,17). The highest BCUT2D eigenvalue weighted by Crippen LogP contribution is 2.31. The van der Waals surface area contributed by atoms with Crippen LogP contribution in [0.4, 0.5) is 0 Å². The van der Waals surface area contributed by atoms with Gasteiger partial charge < -0.3 is 10.4 Å². The van der Waals surface area contributed by atoms with E-state index in [2.05, 4.69) is 19.2 Å². The topological polar surface area (TPSA) is 66.4 Å². The van der Waals surface area contributed by atoms with E-state index in [1.165, 1.54) is 0 Å². The minimum absolute atomic E-state index is 0.0513. The number of amides is 1. The second kappa shape index (κ2) is 6.62. The third-order valence-corrected chi connectivity index (χ3v) is 3.77. The van der Waals surface area contributed by atoms with Gasteiger partial charge in [0.2, 0.25) is 5.91 Å². The average molecular weight is 241 g/mol. The Hall–Kier alpha value is -1.06. The Morgan fingerprint density at radius 3 is 2.71 bits per heavy atom. The molecule has 0 radical (unpaired) electrons. The molecule has 2 N–H and O–H groups in total. The lowest BCUT2D eigenvalue weighted by Crippen LogP contribution is -2.33. The molecule has 4 heteroatoms. The van der Waals surface area contributed by atoms with E-state index in [1.807, 2.05) is 0 Å². The molecule has 0 heterocycles. The normalized spacial score (nSPS) is 25.5. The van der Waals surface area contributed by atoms with Crippen LogP contribution in [0.3, 0.4) is 0 Å². The smallest absolute Gasteiger partial charge is 0.306 e. The van der Waals surface area contributed by atoms with Crippen LogP contribution in [0.15, 0.2) is 0 Å². The van der Waals surface area contributed by atoms with Crippen molar-refractivity contribution in [1.29, 1.82) is 0 Å². The highest BCUT2D eigenvalue weighted by atomic mass is 16.4. The summed E-state index contributed by atoms with van der Waals surface area (Å²) in [5, 5.41) is 11.9. The molecule has 0 aromatic carbocycles. The van der Waals surface area contributed by atoms with E-state index in [0.717, 1.165) is 25.7 Å². The monoisotopic (exact) mass is 241 g/mol. The van der Waals surface area contributed by atoms with Gasteiger partial charge in [0.15, 0.2) is 0 Å². The molecule has 1 amide bonds. The van der Waals surface area contributed by atoms with Crippen LogP contribution < -0.4 is 5.32 Å². The van der Waals surface area contributed by atoms with Gasteiger partial charge in [0, 0.05) is 13.0 Å². The number of carboxylic acids is 1. The van der Waals surface area contributed by atoms with Gasteiger partial charge in [-0.05, 0) is 24.7 Å². The molecular formula is C13H23NO3. The minimum Gasteiger partial charge on any atom is -0.481 e. The number of carbonyl (C=O) groups is 2. The lowest BCUT2D eigenvalue weighted by atomic mass is 9.96.